The van der Waals surface area contributed by atoms with E-state index in [4.69, 9.17) is 5.11 Å². The number of carbonyl (C=O) groups is 2. The van der Waals surface area contributed by atoms with Crippen LogP contribution in [-0.2, 0) is 4.79 Å². The van der Waals surface area contributed by atoms with Gasteiger partial charge in [-0.25, -0.2) is 9.59 Å². The molecule has 1 aliphatic heterocycles. The van der Waals surface area contributed by atoms with E-state index >= 15 is 0 Å². The minimum atomic E-state index is -0.885. The fourth-order valence-electron chi connectivity index (χ4n) is 2.90. The number of likely N-dealkylation sites (tertiary alicyclic amines) is 1. The molecule has 0 bridgehead atoms. The van der Waals surface area contributed by atoms with Crippen molar-refractivity contribution in [2.24, 2.45) is 0 Å². The van der Waals surface area contributed by atoms with Crippen LogP contribution in [0.1, 0.15) is 51.9 Å². The summed E-state index contributed by atoms with van der Waals surface area (Å²) in [5, 5.41) is 12.2. The van der Waals surface area contributed by atoms with Gasteiger partial charge in [-0.3, -0.25) is 0 Å². The summed E-state index contributed by atoms with van der Waals surface area (Å²) >= 11 is 0. The van der Waals surface area contributed by atoms with Crippen molar-refractivity contribution in [3.05, 3.63) is 0 Å². The van der Waals surface area contributed by atoms with Crippen LogP contribution in [-0.4, -0.2) is 40.1 Å². The number of carbonyl (C=O) groups excluding carboxylic acids is 1. The molecule has 2 N–H and O–H groups in total. The van der Waals surface area contributed by atoms with E-state index in [2.05, 4.69) is 12.2 Å². The summed E-state index contributed by atoms with van der Waals surface area (Å²) in [6, 6.07) is -0.837. The lowest BCUT2D eigenvalue weighted by Crippen LogP contribution is -2.60. The topological polar surface area (TPSA) is 69.6 Å². The molecule has 0 radical (unpaired) electrons. The molecule has 0 aromatic heterocycles. The number of urea groups is 1. The number of piperidine rings is 1. The molecule has 102 valence electrons. The molecule has 18 heavy (non-hydrogen) atoms. The van der Waals surface area contributed by atoms with Gasteiger partial charge in [-0.2, -0.15) is 0 Å². The highest BCUT2D eigenvalue weighted by molar-refractivity contribution is 5.83. The summed E-state index contributed by atoms with van der Waals surface area (Å²) in [5.41, 5.74) is -0.0718. The Morgan fingerprint density at radius 3 is 2.56 bits per heavy atom. The summed E-state index contributed by atoms with van der Waals surface area (Å²) in [6.45, 7) is 2.63. The highest BCUT2D eigenvalue weighted by Crippen LogP contribution is 2.35. The molecule has 5 nitrogen and oxygen atoms in total. The number of aliphatic carboxylic acids is 1. The molecule has 1 saturated carbocycles. The molecule has 5 heteroatoms. The third kappa shape index (κ3) is 2.44. The Kier molecular flexibility index (Phi) is 3.78. The van der Waals surface area contributed by atoms with Gasteiger partial charge in [-0.1, -0.05) is 6.92 Å². The van der Waals surface area contributed by atoms with E-state index < -0.39 is 12.0 Å². The van der Waals surface area contributed by atoms with E-state index in [1.165, 1.54) is 4.90 Å². The Morgan fingerprint density at radius 2 is 2.06 bits per heavy atom. The molecule has 1 aliphatic carbocycles. The van der Waals surface area contributed by atoms with Crippen molar-refractivity contribution in [3.8, 4) is 0 Å². The Balaban J connectivity index is 2.00. The van der Waals surface area contributed by atoms with Gasteiger partial charge >= 0.3 is 12.0 Å². The zero-order chi connectivity index (χ0) is 13.2. The van der Waals surface area contributed by atoms with Crippen molar-refractivity contribution in [1.82, 2.24) is 10.2 Å². The van der Waals surface area contributed by atoms with E-state index in [1.807, 2.05) is 0 Å². The van der Waals surface area contributed by atoms with Gasteiger partial charge in [0.25, 0.3) is 0 Å². The van der Waals surface area contributed by atoms with Gasteiger partial charge in [-0.15, -0.1) is 0 Å². The molecule has 1 atom stereocenters. The number of carboxylic acid groups (broad SMARTS) is 1. The monoisotopic (exact) mass is 254 g/mol. The minimum absolute atomic E-state index is 0.0718. The third-order valence-electron chi connectivity index (χ3n) is 4.41. The molecule has 0 aromatic carbocycles. The first kappa shape index (κ1) is 13.2. The first-order chi connectivity index (χ1) is 8.58. The van der Waals surface area contributed by atoms with Crippen LogP contribution in [0.3, 0.4) is 0 Å². The van der Waals surface area contributed by atoms with Gasteiger partial charge in [0, 0.05) is 12.1 Å². The van der Waals surface area contributed by atoms with Gasteiger partial charge in [0.05, 0.1) is 0 Å². The van der Waals surface area contributed by atoms with Gasteiger partial charge in [0.15, 0.2) is 0 Å². The first-order valence-corrected chi connectivity index (χ1v) is 6.89. The number of nitrogens with zero attached hydrogens (tertiary/aromatic N) is 1. The van der Waals surface area contributed by atoms with Crippen molar-refractivity contribution >= 4 is 12.0 Å². The molecule has 1 saturated heterocycles. The number of rotatable bonds is 3. The number of nitrogens with one attached hydrogen (secondary N) is 1. The Bertz CT molecular complexity index is 334. The number of carboxylic acids is 1. The Hall–Kier alpha value is -1.26. The van der Waals surface area contributed by atoms with Crippen LogP contribution in [0, 0.1) is 0 Å². The molecular formula is C13H22N2O3. The van der Waals surface area contributed by atoms with E-state index in [0.717, 1.165) is 38.5 Å². The molecule has 1 unspecified atom stereocenters. The van der Waals surface area contributed by atoms with Crippen molar-refractivity contribution in [2.45, 2.75) is 63.5 Å². The zero-order valence-corrected chi connectivity index (χ0v) is 10.9. The van der Waals surface area contributed by atoms with E-state index in [9.17, 15) is 9.59 Å². The van der Waals surface area contributed by atoms with Crippen molar-refractivity contribution in [1.29, 1.82) is 0 Å². The normalized spacial score (nSPS) is 26.3. The fraction of sp³-hybridized carbons (Fsp3) is 0.846. The van der Waals surface area contributed by atoms with Crippen LogP contribution in [0.2, 0.25) is 0 Å². The predicted octanol–water partition coefficient (Wildman–Crippen LogP) is 1.97. The van der Waals surface area contributed by atoms with Crippen LogP contribution in [0.5, 0.6) is 0 Å². The van der Waals surface area contributed by atoms with Gasteiger partial charge in [-0.05, 0) is 44.9 Å². The van der Waals surface area contributed by atoms with Crippen molar-refractivity contribution in [3.63, 3.8) is 0 Å². The minimum Gasteiger partial charge on any atom is -0.480 e. The highest BCUT2D eigenvalue weighted by Gasteiger charge is 2.40. The maximum atomic E-state index is 12.2. The molecular weight excluding hydrogens is 232 g/mol. The van der Waals surface area contributed by atoms with E-state index in [0.29, 0.717) is 13.0 Å². The first-order valence-electron chi connectivity index (χ1n) is 6.89. The SMILES string of the molecule is CCC1(NC(=O)N2CCCCC2C(=O)O)CCC1. The van der Waals surface area contributed by atoms with Crippen LogP contribution in [0.25, 0.3) is 0 Å². The second kappa shape index (κ2) is 5.16. The molecule has 0 aromatic rings. The lowest BCUT2D eigenvalue weighted by Gasteiger charge is -2.44. The number of hydrogen-bond donors (Lipinski definition) is 2. The number of hydrogen-bond acceptors (Lipinski definition) is 2. The Morgan fingerprint density at radius 1 is 1.33 bits per heavy atom. The maximum absolute atomic E-state index is 12.2. The quantitative estimate of drug-likeness (QED) is 0.809. The average molecular weight is 254 g/mol. The van der Waals surface area contributed by atoms with Gasteiger partial charge < -0.3 is 15.3 Å². The maximum Gasteiger partial charge on any atom is 0.326 e. The van der Waals surface area contributed by atoms with Crippen LogP contribution >= 0.6 is 0 Å². The van der Waals surface area contributed by atoms with Crippen molar-refractivity contribution < 1.29 is 14.7 Å². The second-order valence-corrected chi connectivity index (χ2v) is 5.46. The van der Waals surface area contributed by atoms with Crippen LogP contribution in [0.4, 0.5) is 4.79 Å². The molecule has 2 rings (SSSR count). The van der Waals surface area contributed by atoms with Gasteiger partial charge in [0.1, 0.15) is 6.04 Å². The number of amides is 2. The van der Waals surface area contributed by atoms with Gasteiger partial charge in [0.2, 0.25) is 0 Å². The van der Waals surface area contributed by atoms with E-state index in [1.54, 1.807) is 0 Å². The van der Waals surface area contributed by atoms with Crippen LogP contribution in [0.15, 0.2) is 0 Å². The summed E-state index contributed by atoms with van der Waals surface area (Å²) < 4.78 is 0. The molecule has 1 heterocycles. The lowest BCUT2D eigenvalue weighted by molar-refractivity contribution is -0.143. The summed E-state index contributed by atoms with van der Waals surface area (Å²) in [6.07, 6.45) is 6.46. The largest absolute Gasteiger partial charge is 0.480 e. The summed E-state index contributed by atoms with van der Waals surface area (Å²) in [5.74, 6) is -0.885. The molecule has 2 amide bonds. The fourth-order valence-corrected chi connectivity index (χ4v) is 2.90. The second-order valence-electron chi connectivity index (χ2n) is 5.46. The molecule has 2 aliphatic rings. The van der Waals surface area contributed by atoms with Crippen molar-refractivity contribution in [2.75, 3.05) is 6.54 Å². The smallest absolute Gasteiger partial charge is 0.326 e. The standard InChI is InChI=1S/C13H22N2O3/c1-2-13(7-5-8-13)14-12(18)15-9-4-3-6-10(15)11(16)17/h10H,2-9H2,1H3,(H,14,18)(H,16,17). The highest BCUT2D eigenvalue weighted by atomic mass is 16.4. The lowest BCUT2D eigenvalue weighted by atomic mass is 9.75. The predicted molar refractivity (Wildman–Crippen MR) is 67.4 cm³/mol. The van der Waals surface area contributed by atoms with Crippen LogP contribution < -0.4 is 5.32 Å². The average Bonchev–Trinajstić information content (AvgIpc) is 2.33. The third-order valence-corrected chi connectivity index (χ3v) is 4.41. The summed E-state index contributed by atoms with van der Waals surface area (Å²) in [7, 11) is 0. The van der Waals surface area contributed by atoms with E-state index in [-0.39, 0.29) is 11.6 Å². The zero-order valence-electron chi connectivity index (χ0n) is 10.9. The molecule has 0 spiro atoms. The summed E-state index contributed by atoms with van der Waals surface area (Å²) in [4.78, 5) is 24.9. The molecule has 2 fully saturated rings. The Labute approximate surface area is 108 Å².